The van der Waals surface area contributed by atoms with Crippen molar-refractivity contribution in [3.63, 3.8) is 0 Å². The third-order valence-electron chi connectivity index (χ3n) is 1.37. The SMILES string of the molecule is CC(C)(C)OC(=O)OOOc1ccccc1. The van der Waals surface area contributed by atoms with E-state index >= 15 is 0 Å². The minimum atomic E-state index is -0.955. The molecule has 0 aliphatic heterocycles. The molecule has 5 heteroatoms. The first-order valence-electron chi connectivity index (χ1n) is 4.76. The fraction of sp³-hybridized carbons (Fsp3) is 0.364. The first kappa shape index (κ1) is 12.3. The van der Waals surface area contributed by atoms with Crippen LogP contribution >= 0.6 is 0 Å². The molecule has 0 N–H and O–H groups in total. The lowest BCUT2D eigenvalue weighted by Gasteiger charge is -2.17. The van der Waals surface area contributed by atoms with Crippen molar-refractivity contribution in [2.45, 2.75) is 26.4 Å². The second kappa shape index (κ2) is 5.37. The van der Waals surface area contributed by atoms with Gasteiger partial charge in [-0.25, -0.2) is 9.68 Å². The van der Waals surface area contributed by atoms with E-state index in [1.165, 1.54) is 0 Å². The highest BCUT2D eigenvalue weighted by Crippen LogP contribution is 2.10. The Bertz CT molecular complexity index is 328. The van der Waals surface area contributed by atoms with Gasteiger partial charge < -0.3 is 4.74 Å². The highest BCUT2D eigenvalue weighted by molar-refractivity contribution is 5.59. The molecule has 0 unspecified atom stereocenters. The van der Waals surface area contributed by atoms with E-state index in [0.717, 1.165) is 0 Å². The molecule has 0 aromatic heterocycles. The van der Waals surface area contributed by atoms with Crippen molar-refractivity contribution in [1.29, 1.82) is 0 Å². The lowest BCUT2D eigenvalue weighted by Crippen LogP contribution is -2.24. The maximum atomic E-state index is 11.0. The summed E-state index contributed by atoms with van der Waals surface area (Å²) in [7, 11) is 0. The molecular formula is C11H14O5. The van der Waals surface area contributed by atoms with Crippen LogP contribution in [0.3, 0.4) is 0 Å². The molecule has 1 aromatic carbocycles. The minimum Gasteiger partial charge on any atom is -0.427 e. The lowest BCUT2D eigenvalue weighted by molar-refractivity contribution is -0.437. The fourth-order valence-corrected chi connectivity index (χ4v) is 0.827. The van der Waals surface area contributed by atoms with E-state index in [9.17, 15) is 4.79 Å². The smallest absolute Gasteiger partial charge is 0.427 e. The van der Waals surface area contributed by atoms with Crippen LogP contribution in [0.1, 0.15) is 20.8 Å². The average molecular weight is 226 g/mol. The van der Waals surface area contributed by atoms with Crippen LogP contribution in [-0.4, -0.2) is 11.8 Å². The second-order valence-corrected chi connectivity index (χ2v) is 4.01. The molecule has 1 rings (SSSR count). The Kier molecular flexibility index (Phi) is 4.13. The van der Waals surface area contributed by atoms with Crippen molar-refractivity contribution in [3.8, 4) is 5.75 Å². The Hall–Kier alpha value is -1.75. The highest BCUT2D eigenvalue weighted by Gasteiger charge is 2.18. The maximum Gasteiger partial charge on any atom is 0.543 e. The largest absolute Gasteiger partial charge is 0.543 e. The quantitative estimate of drug-likeness (QED) is 0.450. The summed E-state index contributed by atoms with van der Waals surface area (Å²) in [5.41, 5.74) is -0.632. The van der Waals surface area contributed by atoms with Crippen LogP contribution in [0.25, 0.3) is 0 Å². The van der Waals surface area contributed by atoms with Crippen LogP contribution in [0.5, 0.6) is 5.75 Å². The lowest BCUT2D eigenvalue weighted by atomic mass is 10.2. The van der Waals surface area contributed by atoms with E-state index in [4.69, 9.17) is 4.74 Å². The fourth-order valence-electron chi connectivity index (χ4n) is 0.827. The van der Waals surface area contributed by atoms with Gasteiger partial charge in [-0.15, -0.1) is 0 Å². The molecule has 88 valence electrons. The number of benzene rings is 1. The van der Waals surface area contributed by atoms with Crippen molar-refractivity contribution >= 4 is 6.16 Å². The van der Waals surface area contributed by atoms with Gasteiger partial charge in [0.1, 0.15) is 5.60 Å². The van der Waals surface area contributed by atoms with E-state index in [-0.39, 0.29) is 0 Å². The molecular weight excluding hydrogens is 212 g/mol. The summed E-state index contributed by atoms with van der Waals surface area (Å²) in [5, 5.41) is 4.25. The van der Waals surface area contributed by atoms with E-state index in [0.29, 0.717) is 5.75 Å². The predicted octanol–water partition coefficient (Wildman–Crippen LogP) is 2.86. The van der Waals surface area contributed by atoms with Gasteiger partial charge in [0.2, 0.25) is 0 Å². The zero-order valence-electron chi connectivity index (χ0n) is 9.43. The Morgan fingerprint density at radius 3 is 2.31 bits per heavy atom. The third kappa shape index (κ3) is 5.21. The monoisotopic (exact) mass is 226 g/mol. The molecule has 0 radical (unpaired) electrons. The highest BCUT2D eigenvalue weighted by atomic mass is 17.5. The van der Waals surface area contributed by atoms with E-state index in [1.54, 1.807) is 45.0 Å². The van der Waals surface area contributed by atoms with Gasteiger partial charge in [0.15, 0.2) is 5.75 Å². The summed E-state index contributed by atoms with van der Waals surface area (Å²) in [6.07, 6.45) is -0.955. The van der Waals surface area contributed by atoms with Gasteiger partial charge in [-0.05, 0) is 32.9 Å². The van der Waals surface area contributed by atoms with Crippen molar-refractivity contribution in [1.82, 2.24) is 0 Å². The Balaban J connectivity index is 2.24. The minimum absolute atomic E-state index is 0.422. The number of carbonyl (C=O) groups is 1. The zero-order chi connectivity index (χ0) is 12.0. The molecule has 0 amide bonds. The summed E-state index contributed by atoms with van der Waals surface area (Å²) in [6.45, 7) is 5.14. The molecule has 0 bridgehead atoms. The second-order valence-electron chi connectivity index (χ2n) is 4.01. The molecule has 0 saturated carbocycles. The van der Waals surface area contributed by atoms with Crippen molar-refractivity contribution in [2.75, 3.05) is 0 Å². The van der Waals surface area contributed by atoms with Crippen molar-refractivity contribution < 1.29 is 24.3 Å². The number of para-hydroxylation sites is 1. The van der Waals surface area contributed by atoms with Gasteiger partial charge in [-0.3, -0.25) is 4.89 Å². The van der Waals surface area contributed by atoms with Crippen LogP contribution in [0.4, 0.5) is 4.79 Å². The van der Waals surface area contributed by atoms with Crippen LogP contribution in [0.15, 0.2) is 30.3 Å². The van der Waals surface area contributed by atoms with Gasteiger partial charge in [0.05, 0.1) is 0 Å². The normalized spacial score (nSPS) is 10.7. The van der Waals surface area contributed by atoms with E-state index in [2.05, 4.69) is 14.8 Å². The average Bonchev–Trinajstić information content (AvgIpc) is 2.16. The van der Waals surface area contributed by atoms with Crippen LogP contribution in [0.2, 0.25) is 0 Å². The van der Waals surface area contributed by atoms with Gasteiger partial charge in [-0.1, -0.05) is 18.2 Å². The predicted molar refractivity (Wildman–Crippen MR) is 55.5 cm³/mol. The zero-order valence-corrected chi connectivity index (χ0v) is 9.43. The third-order valence-corrected chi connectivity index (χ3v) is 1.37. The summed E-state index contributed by atoms with van der Waals surface area (Å²) in [4.78, 5) is 19.9. The molecule has 0 heterocycles. The van der Waals surface area contributed by atoms with Crippen LogP contribution in [0, 0.1) is 0 Å². The molecule has 1 aromatic rings. The van der Waals surface area contributed by atoms with Gasteiger partial charge >= 0.3 is 6.16 Å². The Labute approximate surface area is 93.7 Å². The first-order chi connectivity index (χ1) is 7.47. The maximum absolute atomic E-state index is 11.0. The van der Waals surface area contributed by atoms with Crippen molar-refractivity contribution in [2.24, 2.45) is 0 Å². The molecule has 0 atom stereocenters. The van der Waals surface area contributed by atoms with Gasteiger partial charge in [0.25, 0.3) is 0 Å². The van der Waals surface area contributed by atoms with Crippen LogP contribution in [-0.2, 0) is 14.7 Å². The van der Waals surface area contributed by atoms with Crippen LogP contribution < -0.4 is 4.89 Å². The molecule has 0 aliphatic carbocycles. The topological polar surface area (TPSA) is 54.0 Å². The van der Waals surface area contributed by atoms with E-state index in [1.807, 2.05) is 6.07 Å². The first-order valence-corrected chi connectivity index (χ1v) is 4.76. The standard InChI is InChI=1S/C11H14O5/c1-11(2,3)13-10(12)15-16-14-9-7-5-4-6-8-9/h4-8H,1-3H3. The van der Waals surface area contributed by atoms with Crippen molar-refractivity contribution in [3.05, 3.63) is 30.3 Å². The summed E-state index contributed by atoms with van der Waals surface area (Å²) in [6, 6.07) is 8.64. The number of hydrogen-bond donors (Lipinski definition) is 0. The summed E-state index contributed by atoms with van der Waals surface area (Å²) in [5.74, 6) is 0.422. The molecule has 0 fully saturated rings. The van der Waals surface area contributed by atoms with E-state index < -0.39 is 11.8 Å². The Morgan fingerprint density at radius 1 is 1.12 bits per heavy atom. The molecule has 5 nitrogen and oxygen atoms in total. The summed E-state index contributed by atoms with van der Waals surface area (Å²) < 4.78 is 4.81. The Morgan fingerprint density at radius 2 is 1.75 bits per heavy atom. The van der Waals surface area contributed by atoms with Gasteiger partial charge in [0, 0.05) is 5.04 Å². The number of carbonyl (C=O) groups excluding carboxylic acids is 1. The molecule has 0 aliphatic rings. The number of rotatable bonds is 3. The molecule has 0 spiro atoms. The summed E-state index contributed by atoms with van der Waals surface area (Å²) >= 11 is 0. The molecule has 16 heavy (non-hydrogen) atoms. The number of ether oxygens (including phenoxy) is 1. The molecule has 0 saturated heterocycles. The number of hydrogen-bond acceptors (Lipinski definition) is 5. The van der Waals surface area contributed by atoms with Gasteiger partial charge in [-0.2, -0.15) is 0 Å².